The standard InChI is InChI=1S/C12H12Cl2N2O4S/c13-7-1-2-8(14)9(3-7)21-6-11(18)16(4-10(15)17)5-12(19)20/h1-3H,4-6H2,(H2,15,17)(H,19,20). The molecule has 1 aromatic carbocycles. The van der Waals surface area contributed by atoms with Crippen LogP contribution in [0.2, 0.25) is 10.0 Å². The number of carbonyl (C=O) groups excluding carboxylic acids is 2. The van der Waals surface area contributed by atoms with Crippen LogP contribution in [0.5, 0.6) is 0 Å². The van der Waals surface area contributed by atoms with Crippen molar-refractivity contribution in [3.05, 3.63) is 28.2 Å². The minimum absolute atomic E-state index is 0.0827. The fourth-order valence-electron chi connectivity index (χ4n) is 1.40. The van der Waals surface area contributed by atoms with E-state index in [1.54, 1.807) is 18.2 Å². The van der Waals surface area contributed by atoms with E-state index >= 15 is 0 Å². The summed E-state index contributed by atoms with van der Waals surface area (Å²) in [7, 11) is 0. The second kappa shape index (κ2) is 8.11. The third-order valence-electron chi connectivity index (χ3n) is 2.27. The van der Waals surface area contributed by atoms with Crippen LogP contribution in [0.3, 0.4) is 0 Å². The van der Waals surface area contributed by atoms with E-state index in [2.05, 4.69) is 0 Å². The molecule has 0 fully saturated rings. The first-order valence-electron chi connectivity index (χ1n) is 5.65. The molecule has 0 bridgehead atoms. The molecule has 0 aliphatic rings. The molecule has 114 valence electrons. The summed E-state index contributed by atoms with van der Waals surface area (Å²) in [5.74, 6) is -2.62. The molecule has 0 heterocycles. The fraction of sp³-hybridized carbons (Fsp3) is 0.250. The number of carbonyl (C=O) groups is 3. The lowest BCUT2D eigenvalue weighted by molar-refractivity contribution is -0.144. The number of nitrogens with two attached hydrogens (primary N) is 1. The molecule has 3 N–H and O–H groups in total. The summed E-state index contributed by atoms with van der Waals surface area (Å²) in [6.07, 6.45) is 0. The van der Waals surface area contributed by atoms with Gasteiger partial charge in [-0.15, -0.1) is 11.8 Å². The highest BCUT2D eigenvalue weighted by atomic mass is 35.5. The number of carboxylic acids is 1. The lowest BCUT2D eigenvalue weighted by atomic mass is 10.4. The number of carboxylic acid groups (broad SMARTS) is 1. The molecule has 0 aliphatic carbocycles. The molecule has 0 aromatic heterocycles. The van der Waals surface area contributed by atoms with E-state index in [1.165, 1.54) is 0 Å². The third kappa shape index (κ3) is 6.24. The average Bonchev–Trinajstić information content (AvgIpc) is 2.37. The number of primary amides is 1. The van der Waals surface area contributed by atoms with Crippen LogP contribution in [-0.4, -0.2) is 46.6 Å². The average molecular weight is 351 g/mol. The quantitative estimate of drug-likeness (QED) is 0.725. The summed E-state index contributed by atoms with van der Waals surface area (Å²) in [6.45, 7) is -1.04. The molecule has 21 heavy (non-hydrogen) atoms. The van der Waals surface area contributed by atoms with Crippen molar-refractivity contribution in [2.45, 2.75) is 4.90 Å². The van der Waals surface area contributed by atoms with Crippen molar-refractivity contribution in [2.24, 2.45) is 5.73 Å². The molecule has 2 amide bonds. The predicted octanol–water partition coefficient (Wildman–Crippen LogP) is 1.48. The zero-order valence-electron chi connectivity index (χ0n) is 10.7. The molecule has 6 nitrogen and oxygen atoms in total. The van der Waals surface area contributed by atoms with Crippen molar-refractivity contribution in [2.75, 3.05) is 18.8 Å². The van der Waals surface area contributed by atoms with Gasteiger partial charge in [0.05, 0.1) is 17.3 Å². The number of rotatable bonds is 7. The Morgan fingerprint density at radius 3 is 2.48 bits per heavy atom. The SMILES string of the molecule is NC(=O)CN(CC(=O)O)C(=O)CSc1cc(Cl)ccc1Cl. The molecule has 1 aromatic rings. The number of amides is 2. The van der Waals surface area contributed by atoms with Gasteiger partial charge in [-0.1, -0.05) is 23.2 Å². The van der Waals surface area contributed by atoms with Gasteiger partial charge in [-0.3, -0.25) is 14.4 Å². The normalized spacial score (nSPS) is 10.2. The van der Waals surface area contributed by atoms with Gasteiger partial charge in [-0.25, -0.2) is 0 Å². The smallest absolute Gasteiger partial charge is 0.323 e. The molecule has 0 saturated heterocycles. The number of halogens is 2. The van der Waals surface area contributed by atoms with Crippen LogP contribution in [0.1, 0.15) is 0 Å². The lowest BCUT2D eigenvalue weighted by Crippen LogP contribution is -2.42. The number of aliphatic carboxylic acids is 1. The van der Waals surface area contributed by atoms with Crippen molar-refractivity contribution in [3.8, 4) is 0 Å². The zero-order valence-corrected chi connectivity index (χ0v) is 13.0. The monoisotopic (exact) mass is 350 g/mol. The molecular weight excluding hydrogens is 339 g/mol. The van der Waals surface area contributed by atoms with Crippen LogP contribution in [0.4, 0.5) is 0 Å². The molecular formula is C12H12Cl2N2O4S. The van der Waals surface area contributed by atoms with E-state index in [4.69, 9.17) is 34.0 Å². The summed E-state index contributed by atoms with van der Waals surface area (Å²) in [6, 6.07) is 4.80. The highest BCUT2D eigenvalue weighted by Crippen LogP contribution is 2.29. The first-order valence-corrected chi connectivity index (χ1v) is 7.39. The Balaban J connectivity index is 2.70. The van der Waals surface area contributed by atoms with E-state index in [1.807, 2.05) is 0 Å². The van der Waals surface area contributed by atoms with Gasteiger partial charge in [0.15, 0.2) is 0 Å². The van der Waals surface area contributed by atoms with Crippen LogP contribution in [0.15, 0.2) is 23.1 Å². The van der Waals surface area contributed by atoms with E-state index in [-0.39, 0.29) is 5.75 Å². The van der Waals surface area contributed by atoms with Gasteiger partial charge in [0, 0.05) is 9.92 Å². The summed E-state index contributed by atoms with van der Waals surface area (Å²) in [5.41, 5.74) is 4.99. The van der Waals surface area contributed by atoms with E-state index in [0.717, 1.165) is 16.7 Å². The Labute approximate surface area is 135 Å². The molecule has 0 aliphatic heterocycles. The maximum Gasteiger partial charge on any atom is 0.323 e. The van der Waals surface area contributed by atoms with Crippen molar-refractivity contribution >= 4 is 52.7 Å². The maximum atomic E-state index is 11.9. The van der Waals surface area contributed by atoms with Gasteiger partial charge in [0.25, 0.3) is 0 Å². The zero-order chi connectivity index (χ0) is 16.0. The number of thioether (sulfide) groups is 1. The van der Waals surface area contributed by atoms with Crippen LogP contribution in [-0.2, 0) is 14.4 Å². The molecule has 0 spiro atoms. The maximum absolute atomic E-state index is 11.9. The molecule has 0 unspecified atom stereocenters. The summed E-state index contributed by atoms with van der Waals surface area (Å²) in [4.78, 5) is 34.9. The van der Waals surface area contributed by atoms with Crippen molar-refractivity contribution < 1.29 is 19.5 Å². The van der Waals surface area contributed by atoms with Gasteiger partial charge in [-0.05, 0) is 18.2 Å². The van der Waals surface area contributed by atoms with Crippen molar-refractivity contribution in [3.63, 3.8) is 0 Å². The third-order valence-corrected chi connectivity index (χ3v) is 3.99. The Kier molecular flexibility index (Phi) is 6.80. The van der Waals surface area contributed by atoms with Crippen LogP contribution in [0, 0.1) is 0 Å². The number of benzene rings is 1. The van der Waals surface area contributed by atoms with Crippen LogP contribution in [0.25, 0.3) is 0 Å². The van der Waals surface area contributed by atoms with E-state index in [0.29, 0.717) is 14.9 Å². The minimum atomic E-state index is -1.23. The van der Waals surface area contributed by atoms with E-state index in [9.17, 15) is 14.4 Å². The van der Waals surface area contributed by atoms with Gasteiger partial charge in [0.2, 0.25) is 11.8 Å². The number of nitrogens with zero attached hydrogens (tertiary/aromatic N) is 1. The molecule has 0 atom stereocenters. The van der Waals surface area contributed by atoms with Gasteiger partial charge >= 0.3 is 5.97 Å². The minimum Gasteiger partial charge on any atom is -0.480 e. The Morgan fingerprint density at radius 2 is 1.90 bits per heavy atom. The molecule has 1 rings (SSSR count). The Morgan fingerprint density at radius 1 is 1.24 bits per heavy atom. The number of hydrogen-bond donors (Lipinski definition) is 2. The fourth-order valence-corrected chi connectivity index (χ4v) is 2.80. The second-order valence-corrected chi connectivity index (χ2v) is 5.83. The van der Waals surface area contributed by atoms with Crippen molar-refractivity contribution in [1.82, 2.24) is 4.90 Å². The summed E-state index contributed by atoms with van der Waals surface area (Å²) < 4.78 is 0. The topological polar surface area (TPSA) is 101 Å². The Bertz CT molecular complexity index is 552. The van der Waals surface area contributed by atoms with Gasteiger partial charge in [-0.2, -0.15) is 0 Å². The highest BCUT2D eigenvalue weighted by molar-refractivity contribution is 8.00. The first-order chi connectivity index (χ1) is 9.79. The van der Waals surface area contributed by atoms with Crippen LogP contribution < -0.4 is 5.73 Å². The summed E-state index contributed by atoms with van der Waals surface area (Å²) >= 11 is 12.9. The largest absolute Gasteiger partial charge is 0.480 e. The predicted molar refractivity (Wildman–Crippen MR) is 80.6 cm³/mol. The highest BCUT2D eigenvalue weighted by Gasteiger charge is 2.19. The first kappa shape index (κ1) is 17.6. The Hall–Kier alpha value is -1.44. The molecule has 0 saturated carbocycles. The van der Waals surface area contributed by atoms with Gasteiger partial charge in [0.1, 0.15) is 6.54 Å². The molecule has 0 radical (unpaired) electrons. The number of hydrogen-bond acceptors (Lipinski definition) is 4. The van der Waals surface area contributed by atoms with Crippen LogP contribution >= 0.6 is 35.0 Å². The van der Waals surface area contributed by atoms with Crippen molar-refractivity contribution in [1.29, 1.82) is 0 Å². The van der Waals surface area contributed by atoms with Gasteiger partial charge < -0.3 is 15.7 Å². The molecule has 9 heteroatoms. The lowest BCUT2D eigenvalue weighted by Gasteiger charge is -2.18. The van der Waals surface area contributed by atoms with E-state index < -0.39 is 30.9 Å². The second-order valence-electron chi connectivity index (χ2n) is 3.97. The summed E-state index contributed by atoms with van der Waals surface area (Å²) in [5, 5.41) is 9.61.